The van der Waals surface area contributed by atoms with Crippen LogP contribution in [-0.4, -0.2) is 28.0 Å². The van der Waals surface area contributed by atoms with Crippen LogP contribution in [0.4, 0.5) is 5.69 Å². The number of amides is 1. The van der Waals surface area contributed by atoms with Crippen LogP contribution in [0, 0.1) is 10.1 Å². The van der Waals surface area contributed by atoms with E-state index in [1.807, 2.05) is 0 Å². The molecule has 1 fully saturated rings. The molecule has 148 valence electrons. The third-order valence-electron chi connectivity index (χ3n) is 4.52. The Morgan fingerprint density at radius 2 is 1.93 bits per heavy atom. The molecular formula is C19H12Br2N2O5S. The van der Waals surface area contributed by atoms with Gasteiger partial charge < -0.3 is 9.32 Å². The molecule has 3 aromatic rings. The summed E-state index contributed by atoms with van der Waals surface area (Å²) in [6.45, 7) is 0.463. The van der Waals surface area contributed by atoms with Crippen molar-refractivity contribution in [2.24, 2.45) is 0 Å². The van der Waals surface area contributed by atoms with Crippen LogP contribution in [0.25, 0.3) is 11.0 Å². The fourth-order valence-electron chi connectivity index (χ4n) is 3.18. The number of nitrogens with zero attached hydrogens (tertiary/aromatic N) is 2. The van der Waals surface area contributed by atoms with Gasteiger partial charge in [-0.15, -0.1) is 11.8 Å². The van der Waals surface area contributed by atoms with E-state index in [0.29, 0.717) is 27.7 Å². The normalized spacial score (nSPS) is 16.3. The van der Waals surface area contributed by atoms with E-state index in [9.17, 15) is 19.7 Å². The summed E-state index contributed by atoms with van der Waals surface area (Å²) >= 11 is 8.29. The summed E-state index contributed by atoms with van der Waals surface area (Å²) in [5, 5.41) is 11.2. The van der Waals surface area contributed by atoms with Crippen LogP contribution in [0.5, 0.6) is 0 Å². The topological polar surface area (TPSA) is 93.7 Å². The summed E-state index contributed by atoms with van der Waals surface area (Å²) in [6, 6.07) is 11.2. The molecule has 1 amide bonds. The van der Waals surface area contributed by atoms with Crippen LogP contribution in [0.15, 0.2) is 60.6 Å². The molecule has 1 saturated heterocycles. The van der Waals surface area contributed by atoms with Crippen LogP contribution in [0.2, 0.25) is 0 Å². The van der Waals surface area contributed by atoms with Crippen molar-refractivity contribution in [1.29, 1.82) is 0 Å². The van der Waals surface area contributed by atoms with Crippen LogP contribution in [0.1, 0.15) is 21.3 Å². The van der Waals surface area contributed by atoms with Crippen molar-refractivity contribution in [3.63, 3.8) is 0 Å². The van der Waals surface area contributed by atoms with Crippen molar-refractivity contribution in [2.75, 3.05) is 12.3 Å². The van der Waals surface area contributed by atoms with Crippen LogP contribution >= 0.6 is 43.6 Å². The predicted molar refractivity (Wildman–Crippen MR) is 117 cm³/mol. The number of benzene rings is 2. The Kier molecular flexibility index (Phi) is 5.50. The Hall–Kier alpha value is -2.17. The molecule has 1 atom stereocenters. The molecule has 2 aromatic carbocycles. The number of nitro benzene ring substituents is 1. The fraction of sp³-hybridized carbons (Fsp3) is 0.158. The Labute approximate surface area is 185 Å². The van der Waals surface area contributed by atoms with Crippen molar-refractivity contribution < 1.29 is 14.1 Å². The molecule has 0 saturated carbocycles. The number of nitro groups is 1. The minimum atomic E-state index is -0.704. The smallest absolute Gasteiger partial charge is 0.349 e. The van der Waals surface area contributed by atoms with E-state index in [-0.39, 0.29) is 16.6 Å². The molecule has 1 aromatic heterocycles. The van der Waals surface area contributed by atoms with Gasteiger partial charge in [-0.1, -0.05) is 15.9 Å². The first kappa shape index (κ1) is 20.1. The van der Waals surface area contributed by atoms with Crippen molar-refractivity contribution >= 4 is 66.2 Å². The SMILES string of the molecule is O=C(c1cc2cc(Br)cc(Br)c2oc1=O)N1CCSC1c1ccc([N+](=O)[O-])cc1. The molecule has 1 aliphatic rings. The van der Waals surface area contributed by atoms with Gasteiger partial charge in [0.05, 0.1) is 9.40 Å². The maximum Gasteiger partial charge on any atom is 0.349 e. The van der Waals surface area contributed by atoms with Gasteiger partial charge >= 0.3 is 5.63 Å². The van der Waals surface area contributed by atoms with E-state index in [4.69, 9.17) is 4.42 Å². The zero-order valence-electron chi connectivity index (χ0n) is 14.6. The molecule has 10 heteroatoms. The molecule has 1 aliphatic heterocycles. The molecule has 2 heterocycles. The summed E-state index contributed by atoms with van der Waals surface area (Å²) in [6.07, 6.45) is 0. The first-order chi connectivity index (χ1) is 13.8. The number of halogens is 2. The molecule has 0 aliphatic carbocycles. The number of hydrogen-bond donors (Lipinski definition) is 0. The lowest BCUT2D eigenvalue weighted by Gasteiger charge is -2.23. The Bertz CT molecular complexity index is 1200. The lowest BCUT2D eigenvalue weighted by atomic mass is 10.1. The van der Waals surface area contributed by atoms with Crippen molar-refractivity contribution in [1.82, 2.24) is 4.90 Å². The standard InChI is InChI=1S/C19H12Br2N2O5S/c20-12-7-11-8-14(19(25)28-16(11)15(21)9-12)17(24)22-5-6-29-18(22)10-1-3-13(4-2-10)23(26)27/h1-4,7-9,18H,5-6H2. The summed E-state index contributed by atoms with van der Waals surface area (Å²) < 4.78 is 6.78. The maximum absolute atomic E-state index is 13.2. The summed E-state index contributed by atoms with van der Waals surface area (Å²) in [4.78, 5) is 37.7. The lowest BCUT2D eigenvalue weighted by molar-refractivity contribution is -0.384. The number of non-ortho nitro benzene ring substituents is 1. The van der Waals surface area contributed by atoms with Gasteiger partial charge in [-0.3, -0.25) is 14.9 Å². The van der Waals surface area contributed by atoms with Gasteiger partial charge in [0.25, 0.3) is 11.6 Å². The van der Waals surface area contributed by atoms with E-state index in [2.05, 4.69) is 31.9 Å². The number of carbonyl (C=O) groups is 1. The largest absolute Gasteiger partial charge is 0.421 e. The highest BCUT2D eigenvalue weighted by Gasteiger charge is 2.33. The quantitative estimate of drug-likeness (QED) is 0.261. The van der Waals surface area contributed by atoms with E-state index >= 15 is 0 Å². The summed E-state index contributed by atoms with van der Waals surface area (Å²) in [7, 11) is 0. The molecule has 4 rings (SSSR count). The molecule has 0 N–H and O–H groups in total. The Balaban J connectivity index is 1.70. The predicted octanol–water partition coefficient (Wildman–Crippen LogP) is 5.11. The highest BCUT2D eigenvalue weighted by molar-refractivity contribution is 9.11. The van der Waals surface area contributed by atoms with Gasteiger partial charge in [0.2, 0.25) is 0 Å². The molecular weight excluding hydrogens is 528 g/mol. The highest BCUT2D eigenvalue weighted by atomic mass is 79.9. The number of thioether (sulfide) groups is 1. The van der Waals surface area contributed by atoms with Crippen LogP contribution in [-0.2, 0) is 0 Å². The first-order valence-electron chi connectivity index (χ1n) is 8.45. The van der Waals surface area contributed by atoms with Gasteiger partial charge in [0.15, 0.2) is 5.58 Å². The van der Waals surface area contributed by atoms with Gasteiger partial charge in [-0.05, 0) is 51.8 Å². The molecule has 7 nitrogen and oxygen atoms in total. The fourth-order valence-corrected chi connectivity index (χ4v) is 5.77. The minimum absolute atomic E-state index is 0.0130. The second-order valence-corrected chi connectivity index (χ2v) is 9.28. The van der Waals surface area contributed by atoms with Gasteiger partial charge in [0, 0.05) is 34.3 Å². The highest BCUT2D eigenvalue weighted by Crippen LogP contribution is 2.39. The average Bonchev–Trinajstić information content (AvgIpc) is 3.17. The van der Waals surface area contributed by atoms with E-state index < -0.39 is 16.5 Å². The molecule has 0 spiro atoms. The maximum atomic E-state index is 13.2. The summed E-state index contributed by atoms with van der Waals surface area (Å²) in [5.41, 5.74) is 0.377. The van der Waals surface area contributed by atoms with Crippen molar-refractivity contribution in [3.8, 4) is 0 Å². The second kappa shape index (κ2) is 7.92. The Morgan fingerprint density at radius 1 is 1.21 bits per heavy atom. The molecule has 0 bridgehead atoms. The number of hydrogen-bond acceptors (Lipinski definition) is 6. The minimum Gasteiger partial charge on any atom is -0.421 e. The summed E-state index contributed by atoms with van der Waals surface area (Å²) in [5.74, 6) is 0.272. The van der Waals surface area contributed by atoms with Crippen LogP contribution < -0.4 is 5.63 Å². The number of fused-ring (bicyclic) bond motifs is 1. The van der Waals surface area contributed by atoms with Crippen molar-refractivity contribution in [2.45, 2.75) is 5.37 Å². The lowest BCUT2D eigenvalue weighted by Crippen LogP contribution is -2.33. The van der Waals surface area contributed by atoms with E-state index in [1.165, 1.54) is 18.2 Å². The third-order valence-corrected chi connectivity index (χ3v) is 6.83. The van der Waals surface area contributed by atoms with Gasteiger partial charge in [0.1, 0.15) is 10.9 Å². The van der Waals surface area contributed by atoms with Crippen molar-refractivity contribution in [3.05, 3.63) is 83.1 Å². The van der Waals surface area contributed by atoms with Gasteiger partial charge in [-0.2, -0.15) is 0 Å². The molecule has 29 heavy (non-hydrogen) atoms. The Morgan fingerprint density at radius 3 is 2.62 bits per heavy atom. The second-order valence-electron chi connectivity index (χ2n) is 6.32. The molecule has 0 radical (unpaired) electrons. The monoisotopic (exact) mass is 538 g/mol. The van der Waals surface area contributed by atoms with E-state index in [1.54, 1.807) is 40.9 Å². The molecule has 1 unspecified atom stereocenters. The average molecular weight is 540 g/mol. The third kappa shape index (κ3) is 3.84. The first-order valence-corrected chi connectivity index (χ1v) is 11.1. The van der Waals surface area contributed by atoms with Gasteiger partial charge in [-0.25, -0.2) is 4.79 Å². The zero-order chi connectivity index (χ0) is 20.7. The number of rotatable bonds is 3. The zero-order valence-corrected chi connectivity index (χ0v) is 18.6. The van der Waals surface area contributed by atoms with E-state index in [0.717, 1.165) is 10.0 Å². The number of carbonyl (C=O) groups excluding carboxylic acids is 1. The van der Waals surface area contributed by atoms with Crippen LogP contribution in [0.3, 0.4) is 0 Å².